The normalized spacial score (nSPS) is 27.4. The number of hydrogen-bond acceptors (Lipinski definition) is 0. The van der Waals surface area contributed by atoms with Crippen LogP contribution in [0.25, 0.3) is 5.83 Å². The average molecular weight is 447 g/mol. The molecule has 0 bridgehead atoms. The molecule has 1 saturated heterocycles. The first kappa shape index (κ1) is 24.7. The minimum atomic E-state index is -0.788. The van der Waals surface area contributed by atoms with Crippen LogP contribution < -0.4 is 0 Å². The summed E-state index contributed by atoms with van der Waals surface area (Å²) in [6.07, 6.45) is 18.4. The van der Waals surface area contributed by atoms with Gasteiger partial charge in [-0.15, -0.1) is 0 Å². The summed E-state index contributed by atoms with van der Waals surface area (Å²) in [6, 6.07) is 12.2. The number of benzene rings is 1. The number of hydrogen-bond donors (Lipinski definition) is 0. The van der Waals surface area contributed by atoms with E-state index in [-0.39, 0.29) is 15.1 Å². The third-order valence-electron chi connectivity index (χ3n) is 8.32. The monoisotopic (exact) mass is 446 g/mol. The minimum Gasteiger partial charge on any atom is -0.212 e. The Labute approximate surface area is 191 Å². The molecule has 3 heteroatoms. The molecule has 0 spiro atoms. The van der Waals surface area contributed by atoms with E-state index in [1.54, 1.807) is 43.1 Å². The molecule has 0 aromatic heterocycles. The molecule has 0 atom stereocenters. The van der Waals surface area contributed by atoms with Crippen molar-refractivity contribution in [3.63, 3.8) is 0 Å². The SMILES string of the molecule is CCCCC[SiH]1CCC(C2CCC(CCCCc3ccc(/C(F)=C\F)cc3)CC2)CC1. The number of aryl methyl sites for hydroxylation is 1. The van der Waals surface area contributed by atoms with E-state index in [2.05, 4.69) is 6.92 Å². The van der Waals surface area contributed by atoms with Crippen LogP contribution in [-0.2, 0) is 6.42 Å². The Balaban J connectivity index is 1.26. The number of halogens is 2. The fourth-order valence-corrected chi connectivity index (χ4v) is 9.77. The van der Waals surface area contributed by atoms with Crippen molar-refractivity contribution < 1.29 is 8.78 Å². The van der Waals surface area contributed by atoms with Crippen molar-refractivity contribution in [2.75, 3.05) is 0 Å². The Morgan fingerprint density at radius 1 is 0.903 bits per heavy atom. The van der Waals surface area contributed by atoms with Gasteiger partial charge in [-0.3, -0.25) is 0 Å². The van der Waals surface area contributed by atoms with Crippen molar-refractivity contribution in [2.24, 2.45) is 17.8 Å². The van der Waals surface area contributed by atoms with Crippen LogP contribution in [-0.4, -0.2) is 8.80 Å². The summed E-state index contributed by atoms with van der Waals surface area (Å²) in [5.41, 5.74) is 1.56. The van der Waals surface area contributed by atoms with Crippen LogP contribution in [0.15, 0.2) is 30.6 Å². The summed E-state index contributed by atoms with van der Waals surface area (Å²) in [4.78, 5) is 0. The van der Waals surface area contributed by atoms with E-state index in [0.717, 1.165) is 24.2 Å². The highest BCUT2D eigenvalue weighted by Crippen LogP contribution is 2.42. The molecule has 3 rings (SSSR count). The van der Waals surface area contributed by atoms with Crippen LogP contribution in [0.4, 0.5) is 8.78 Å². The van der Waals surface area contributed by atoms with E-state index in [1.807, 2.05) is 12.1 Å². The van der Waals surface area contributed by atoms with Gasteiger partial charge in [0.25, 0.3) is 0 Å². The molecule has 0 unspecified atom stereocenters. The Morgan fingerprint density at radius 3 is 2.23 bits per heavy atom. The van der Waals surface area contributed by atoms with Crippen LogP contribution >= 0.6 is 0 Å². The van der Waals surface area contributed by atoms with Gasteiger partial charge in [-0.2, -0.15) is 0 Å². The van der Waals surface area contributed by atoms with Gasteiger partial charge in [0.15, 0.2) is 5.83 Å². The molecule has 1 aromatic carbocycles. The molecule has 1 aliphatic carbocycles. The van der Waals surface area contributed by atoms with Gasteiger partial charge >= 0.3 is 0 Å². The zero-order valence-corrected chi connectivity index (χ0v) is 20.9. The minimum absolute atomic E-state index is 0.0328. The number of unbranched alkanes of at least 4 members (excludes halogenated alkanes) is 3. The van der Waals surface area contributed by atoms with E-state index >= 15 is 0 Å². The Hall–Kier alpha value is -0.963. The average Bonchev–Trinajstić information content (AvgIpc) is 2.83. The van der Waals surface area contributed by atoms with Gasteiger partial charge < -0.3 is 0 Å². The molecule has 0 nitrogen and oxygen atoms in total. The highest BCUT2D eigenvalue weighted by molar-refractivity contribution is 6.58. The van der Waals surface area contributed by atoms with E-state index in [4.69, 9.17) is 0 Å². The Morgan fingerprint density at radius 2 is 1.58 bits per heavy atom. The molecule has 1 saturated carbocycles. The van der Waals surface area contributed by atoms with Crippen molar-refractivity contribution in [3.8, 4) is 0 Å². The summed E-state index contributed by atoms with van der Waals surface area (Å²) >= 11 is 0. The van der Waals surface area contributed by atoms with Crippen LogP contribution in [0.5, 0.6) is 0 Å². The smallest absolute Gasteiger partial charge is 0.158 e. The van der Waals surface area contributed by atoms with Gasteiger partial charge in [0, 0.05) is 14.4 Å². The predicted molar refractivity (Wildman–Crippen MR) is 133 cm³/mol. The summed E-state index contributed by atoms with van der Waals surface area (Å²) in [5, 5.41) is 0. The second kappa shape index (κ2) is 13.6. The van der Waals surface area contributed by atoms with Gasteiger partial charge in [-0.1, -0.05) is 107 Å². The molecule has 2 aliphatic rings. The standard InChI is InChI=1S/C28H44F2Si/c1-2-3-6-19-31-20-17-26(18-21-31)25-13-9-23(10-14-25)7-4-5-8-24-11-15-27(16-12-24)28(30)22-29/h11-12,15-16,22-23,25-26,31H,2-10,13-14,17-21H2,1H3/b28-22+. The summed E-state index contributed by atoms with van der Waals surface area (Å²) < 4.78 is 25.5. The molecule has 31 heavy (non-hydrogen) atoms. The van der Waals surface area contributed by atoms with Crippen molar-refractivity contribution in [1.82, 2.24) is 0 Å². The van der Waals surface area contributed by atoms with Gasteiger partial charge in [-0.25, -0.2) is 8.78 Å². The van der Waals surface area contributed by atoms with Crippen LogP contribution in [0.2, 0.25) is 18.1 Å². The molecule has 0 N–H and O–H groups in total. The zero-order chi connectivity index (χ0) is 21.9. The molecular weight excluding hydrogens is 402 g/mol. The van der Waals surface area contributed by atoms with Gasteiger partial charge in [0.2, 0.25) is 0 Å². The van der Waals surface area contributed by atoms with Gasteiger partial charge in [-0.05, 0) is 49.0 Å². The van der Waals surface area contributed by atoms with Crippen molar-refractivity contribution in [3.05, 3.63) is 41.7 Å². The van der Waals surface area contributed by atoms with Crippen LogP contribution in [0.3, 0.4) is 0 Å². The maximum atomic E-state index is 13.2. The van der Waals surface area contributed by atoms with E-state index in [9.17, 15) is 8.78 Å². The van der Waals surface area contributed by atoms with E-state index in [0.29, 0.717) is 5.56 Å². The van der Waals surface area contributed by atoms with Crippen molar-refractivity contribution in [1.29, 1.82) is 0 Å². The summed E-state index contributed by atoms with van der Waals surface area (Å²) in [6.45, 7) is 2.33. The molecule has 0 amide bonds. The predicted octanol–water partition coefficient (Wildman–Crippen LogP) is 9.27. The second-order valence-corrected chi connectivity index (χ2v) is 13.9. The number of rotatable bonds is 11. The van der Waals surface area contributed by atoms with Crippen molar-refractivity contribution in [2.45, 2.75) is 109 Å². The Bertz CT molecular complexity index is 637. The lowest BCUT2D eigenvalue weighted by molar-refractivity contribution is 0.184. The van der Waals surface area contributed by atoms with E-state index < -0.39 is 5.83 Å². The maximum absolute atomic E-state index is 13.2. The van der Waals surface area contributed by atoms with Gasteiger partial charge in [0.1, 0.15) is 6.33 Å². The third-order valence-corrected chi connectivity index (χ3v) is 11.8. The lowest BCUT2D eigenvalue weighted by atomic mass is 9.73. The van der Waals surface area contributed by atoms with Crippen molar-refractivity contribution >= 4 is 14.6 Å². The van der Waals surface area contributed by atoms with Gasteiger partial charge in [0.05, 0.1) is 0 Å². The highest BCUT2D eigenvalue weighted by atomic mass is 28.3. The molecular formula is C28H44F2Si. The first-order valence-electron chi connectivity index (χ1n) is 13.2. The summed E-state index contributed by atoms with van der Waals surface area (Å²) in [5.74, 6) is 2.27. The molecule has 0 radical (unpaired) electrons. The maximum Gasteiger partial charge on any atom is 0.158 e. The first-order chi connectivity index (χ1) is 15.2. The first-order valence-corrected chi connectivity index (χ1v) is 15.7. The largest absolute Gasteiger partial charge is 0.212 e. The molecule has 2 fully saturated rings. The quantitative estimate of drug-likeness (QED) is 0.235. The lowest BCUT2D eigenvalue weighted by Crippen LogP contribution is -2.28. The topological polar surface area (TPSA) is 0 Å². The summed E-state index contributed by atoms with van der Waals surface area (Å²) in [7, 11) is -0.356. The highest BCUT2D eigenvalue weighted by Gasteiger charge is 2.30. The van der Waals surface area contributed by atoms with Crippen LogP contribution in [0, 0.1) is 17.8 Å². The molecule has 174 valence electrons. The van der Waals surface area contributed by atoms with Crippen LogP contribution in [0.1, 0.15) is 95.1 Å². The Kier molecular flexibility index (Phi) is 10.8. The zero-order valence-electron chi connectivity index (χ0n) is 19.8. The lowest BCUT2D eigenvalue weighted by Gasteiger charge is -2.37. The second-order valence-electron chi connectivity index (χ2n) is 10.5. The molecule has 1 aliphatic heterocycles. The fourth-order valence-electron chi connectivity index (χ4n) is 6.24. The fraction of sp³-hybridized carbons (Fsp3) is 0.714. The molecule has 1 heterocycles. The van der Waals surface area contributed by atoms with E-state index in [1.165, 1.54) is 69.8 Å². The molecule has 1 aromatic rings. The third kappa shape index (κ3) is 8.15.